The van der Waals surface area contributed by atoms with Crippen molar-refractivity contribution >= 4 is 30.7 Å². The molecule has 2 fully saturated rings. The molecular weight excluding hydrogens is 287 g/mol. The van der Waals surface area contributed by atoms with Crippen LogP contribution in [0.25, 0.3) is 0 Å². The second-order valence-corrected chi connectivity index (χ2v) is 4.97. The van der Waals surface area contributed by atoms with Crippen LogP contribution in [0.2, 0.25) is 0 Å². The number of fused-ring (bicyclic) bond motifs is 2. The number of aromatic nitrogens is 2. The van der Waals surface area contributed by atoms with E-state index >= 15 is 0 Å². The minimum absolute atomic E-state index is 0. The van der Waals surface area contributed by atoms with Crippen molar-refractivity contribution in [3.05, 3.63) is 18.5 Å². The molecule has 3 rings (SSSR count). The minimum Gasteiger partial charge on any atom is -0.339 e. The highest BCUT2D eigenvalue weighted by Gasteiger charge is 2.30. The summed E-state index contributed by atoms with van der Waals surface area (Å²) in [5, 5.41) is 7.66. The first-order valence-corrected chi connectivity index (χ1v) is 6.32. The van der Waals surface area contributed by atoms with Crippen molar-refractivity contribution < 1.29 is 4.79 Å². The number of nitrogens with zero attached hydrogens (tertiary/aromatic N) is 3. The maximum absolute atomic E-state index is 12.1. The lowest BCUT2D eigenvalue weighted by Crippen LogP contribution is -2.40. The van der Waals surface area contributed by atoms with Gasteiger partial charge in [0.25, 0.3) is 0 Å². The Labute approximate surface area is 125 Å². The van der Waals surface area contributed by atoms with Gasteiger partial charge in [0, 0.05) is 37.6 Å². The monoisotopic (exact) mass is 306 g/mol. The molecule has 3 heterocycles. The smallest absolute Gasteiger partial charge is 0.244 e. The summed E-state index contributed by atoms with van der Waals surface area (Å²) < 4.78 is 1.69. The number of hydrogen-bond acceptors (Lipinski definition) is 3. The van der Waals surface area contributed by atoms with Gasteiger partial charge in [0.2, 0.25) is 5.91 Å². The number of nitrogens with one attached hydrogen (secondary N) is 1. The fraction of sp³-hybridized carbons (Fsp3) is 0.667. The molecule has 2 saturated heterocycles. The molecule has 0 radical (unpaired) electrons. The molecule has 108 valence electrons. The molecule has 0 spiro atoms. The van der Waals surface area contributed by atoms with Gasteiger partial charge in [-0.1, -0.05) is 0 Å². The molecule has 1 amide bonds. The average Bonchev–Trinajstić information content (AvgIpc) is 2.88. The standard InChI is InChI=1S/C12H18N4O.2ClH/c17-12(9-16-6-1-5-13-16)15-7-4-10-2-3-11(8-15)14-10;;/h1,5-6,10-11,14H,2-4,7-9H2;2*1H. The molecular formula is C12H20Cl2N4O. The molecule has 2 unspecified atom stereocenters. The van der Waals surface area contributed by atoms with Gasteiger partial charge in [0.15, 0.2) is 0 Å². The Morgan fingerprint density at radius 2 is 2.05 bits per heavy atom. The zero-order valence-corrected chi connectivity index (χ0v) is 12.3. The van der Waals surface area contributed by atoms with Gasteiger partial charge in [-0.25, -0.2) is 0 Å². The van der Waals surface area contributed by atoms with E-state index in [9.17, 15) is 4.79 Å². The van der Waals surface area contributed by atoms with E-state index in [2.05, 4.69) is 10.4 Å². The van der Waals surface area contributed by atoms with Crippen molar-refractivity contribution in [2.24, 2.45) is 0 Å². The van der Waals surface area contributed by atoms with Gasteiger partial charge in [0.1, 0.15) is 6.54 Å². The molecule has 2 aliphatic heterocycles. The van der Waals surface area contributed by atoms with Gasteiger partial charge >= 0.3 is 0 Å². The van der Waals surface area contributed by atoms with E-state index in [0.29, 0.717) is 18.6 Å². The Morgan fingerprint density at radius 1 is 1.26 bits per heavy atom. The summed E-state index contributed by atoms with van der Waals surface area (Å²) in [6, 6.07) is 2.98. The van der Waals surface area contributed by atoms with Crippen LogP contribution in [-0.4, -0.2) is 45.8 Å². The van der Waals surface area contributed by atoms with E-state index in [1.165, 1.54) is 12.8 Å². The van der Waals surface area contributed by atoms with Crippen LogP contribution in [0.4, 0.5) is 0 Å². The number of amides is 1. The molecule has 5 nitrogen and oxygen atoms in total. The number of likely N-dealkylation sites (tertiary alicyclic amines) is 1. The number of rotatable bonds is 2. The van der Waals surface area contributed by atoms with Gasteiger partial charge in [-0.05, 0) is 25.3 Å². The van der Waals surface area contributed by atoms with Gasteiger partial charge in [-0.2, -0.15) is 5.10 Å². The molecule has 2 aliphatic rings. The third-order valence-electron chi connectivity index (χ3n) is 3.73. The Balaban J connectivity index is 0.000000902. The van der Waals surface area contributed by atoms with Crippen molar-refractivity contribution in [2.45, 2.75) is 37.9 Å². The van der Waals surface area contributed by atoms with E-state index in [-0.39, 0.29) is 30.7 Å². The molecule has 1 N–H and O–H groups in total. The predicted molar refractivity (Wildman–Crippen MR) is 77.9 cm³/mol. The predicted octanol–water partition coefficient (Wildman–Crippen LogP) is 1.08. The van der Waals surface area contributed by atoms with Crippen LogP contribution in [0.5, 0.6) is 0 Å². The fourth-order valence-electron chi connectivity index (χ4n) is 2.80. The number of hydrogen-bond donors (Lipinski definition) is 1. The highest BCUT2D eigenvalue weighted by Crippen LogP contribution is 2.20. The van der Waals surface area contributed by atoms with Crippen LogP contribution < -0.4 is 5.32 Å². The number of carbonyl (C=O) groups is 1. The van der Waals surface area contributed by atoms with Gasteiger partial charge in [0.05, 0.1) is 0 Å². The summed E-state index contributed by atoms with van der Waals surface area (Å²) in [4.78, 5) is 14.1. The van der Waals surface area contributed by atoms with Crippen molar-refractivity contribution in [3.8, 4) is 0 Å². The third-order valence-corrected chi connectivity index (χ3v) is 3.73. The maximum Gasteiger partial charge on any atom is 0.244 e. The zero-order valence-electron chi connectivity index (χ0n) is 10.7. The first kappa shape index (κ1) is 16.3. The molecule has 7 heteroatoms. The highest BCUT2D eigenvalue weighted by molar-refractivity contribution is 5.85. The SMILES string of the molecule is Cl.Cl.O=C(Cn1cccn1)N1CCC2CCC(C1)N2. The lowest BCUT2D eigenvalue weighted by molar-refractivity contribution is -0.132. The van der Waals surface area contributed by atoms with Crippen LogP contribution in [0.1, 0.15) is 19.3 Å². The van der Waals surface area contributed by atoms with Gasteiger partial charge in [-0.15, -0.1) is 24.8 Å². The minimum atomic E-state index is 0. The number of carbonyl (C=O) groups excluding carboxylic acids is 1. The van der Waals surface area contributed by atoms with Crippen molar-refractivity contribution in [2.75, 3.05) is 13.1 Å². The molecule has 1 aromatic rings. The summed E-state index contributed by atoms with van der Waals surface area (Å²) in [5.74, 6) is 0.183. The second kappa shape index (κ2) is 7.12. The summed E-state index contributed by atoms with van der Waals surface area (Å²) in [7, 11) is 0. The Bertz CT molecular complexity index is 398. The van der Waals surface area contributed by atoms with Crippen molar-refractivity contribution in [1.29, 1.82) is 0 Å². The number of halogens is 2. The quantitative estimate of drug-likeness (QED) is 0.889. The lowest BCUT2D eigenvalue weighted by atomic mass is 10.1. The topological polar surface area (TPSA) is 50.2 Å². The first-order valence-electron chi connectivity index (χ1n) is 6.32. The van der Waals surface area contributed by atoms with Gasteiger partial charge < -0.3 is 10.2 Å². The molecule has 0 saturated carbocycles. The maximum atomic E-state index is 12.1. The van der Waals surface area contributed by atoms with Crippen LogP contribution in [-0.2, 0) is 11.3 Å². The highest BCUT2D eigenvalue weighted by atomic mass is 35.5. The third kappa shape index (κ3) is 3.84. The Morgan fingerprint density at radius 3 is 2.79 bits per heavy atom. The summed E-state index contributed by atoms with van der Waals surface area (Å²) in [5.41, 5.74) is 0. The largest absolute Gasteiger partial charge is 0.339 e. The molecule has 2 atom stereocenters. The van der Waals surface area contributed by atoms with Gasteiger partial charge in [-0.3, -0.25) is 9.48 Å². The summed E-state index contributed by atoms with van der Waals surface area (Å²) >= 11 is 0. The van der Waals surface area contributed by atoms with E-state index in [1.54, 1.807) is 10.9 Å². The van der Waals surface area contributed by atoms with Crippen LogP contribution >= 0.6 is 24.8 Å². The zero-order chi connectivity index (χ0) is 11.7. The van der Waals surface area contributed by atoms with Crippen LogP contribution in [0, 0.1) is 0 Å². The fourth-order valence-corrected chi connectivity index (χ4v) is 2.80. The summed E-state index contributed by atoms with van der Waals surface area (Å²) in [6.07, 6.45) is 7.10. The first-order chi connectivity index (χ1) is 8.31. The normalized spacial score (nSPS) is 25.2. The lowest BCUT2D eigenvalue weighted by Gasteiger charge is -2.24. The molecule has 0 aliphatic carbocycles. The Hall–Kier alpha value is -0.780. The molecule has 1 aromatic heterocycles. The summed E-state index contributed by atoms with van der Waals surface area (Å²) in [6.45, 7) is 2.11. The Kier molecular flexibility index (Phi) is 6.10. The molecule has 2 bridgehead atoms. The van der Waals surface area contributed by atoms with E-state index in [4.69, 9.17) is 0 Å². The van der Waals surface area contributed by atoms with E-state index in [0.717, 1.165) is 19.5 Å². The molecule has 19 heavy (non-hydrogen) atoms. The van der Waals surface area contributed by atoms with Crippen LogP contribution in [0.3, 0.4) is 0 Å². The molecule has 0 aromatic carbocycles. The van der Waals surface area contributed by atoms with Crippen molar-refractivity contribution in [3.63, 3.8) is 0 Å². The van der Waals surface area contributed by atoms with E-state index in [1.807, 2.05) is 17.2 Å². The second-order valence-electron chi connectivity index (χ2n) is 4.97. The van der Waals surface area contributed by atoms with E-state index < -0.39 is 0 Å². The average molecular weight is 307 g/mol. The van der Waals surface area contributed by atoms with Crippen LogP contribution in [0.15, 0.2) is 18.5 Å². The van der Waals surface area contributed by atoms with Crippen molar-refractivity contribution in [1.82, 2.24) is 20.0 Å².